The second-order valence-electron chi connectivity index (χ2n) is 4.84. The molecule has 0 aliphatic carbocycles. The van der Waals surface area contributed by atoms with Crippen LogP contribution in [0.15, 0.2) is 11.1 Å². The van der Waals surface area contributed by atoms with Gasteiger partial charge in [0.1, 0.15) is 0 Å². The van der Waals surface area contributed by atoms with E-state index in [1.165, 1.54) is 0 Å². The molecule has 0 aliphatic rings. The molecule has 0 fully saturated rings. The van der Waals surface area contributed by atoms with E-state index in [0.29, 0.717) is 5.57 Å². The SMILES string of the molecule is CCCCC(CCCC)=C(C)C(=O)OP(=O)(O)OCCO. The maximum atomic E-state index is 11.9. The standard InChI is InChI=1S/C14H27O6P/c1-4-6-8-13(9-7-5-2)12(3)14(16)20-21(17,18)19-11-10-15/h15H,4-11H2,1-3H3,(H,17,18). The Bertz CT molecular complexity index is 381. The van der Waals surface area contributed by atoms with E-state index in [-0.39, 0.29) is 6.61 Å². The highest BCUT2D eigenvalue weighted by molar-refractivity contribution is 7.48. The maximum Gasteiger partial charge on any atom is 0.529 e. The van der Waals surface area contributed by atoms with Crippen molar-refractivity contribution < 1.29 is 28.4 Å². The molecule has 1 atom stereocenters. The van der Waals surface area contributed by atoms with Crippen molar-refractivity contribution >= 4 is 13.8 Å². The first kappa shape index (κ1) is 20.3. The van der Waals surface area contributed by atoms with Crippen LogP contribution in [-0.2, 0) is 18.4 Å². The van der Waals surface area contributed by atoms with Crippen LogP contribution in [0.4, 0.5) is 0 Å². The van der Waals surface area contributed by atoms with Crippen LogP contribution in [0.5, 0.6) is 0 Å². The molecule has 0 aliphatic heterocycles. The summed E-state index contributed by atoms with van der Waals surface area (Å²) in [6, 6.07) is 0. The van der Waals surface area contributed by atoms with Gasteiger partial charge in [-0.05, 0) is 32.6 Å². The third-order valence-electron chi connectivity index (χ3n) is 3.04. The molecular formula is C14H27O6P. The quantitative estimate of drug-likeness (QED) is 0.448. The summed E-state index contributed by atoms with van der Waals surface area (Å²) in [6.07, 6.45) is 5.50. The lowest BCUT2D eigenvalue weighted by molar-refractivity contribution is -0.131. The van der Waals surface area contributed by atoms with Crippen molar-refractivity contribution in [1.82, 2.24) is 0 Å². The fraction of sp³-hybridized carbons (Fsp3) is 0.786. The highest BCUT2D eigenvalue weighted by Gasteiger charge is 2.27. The maximum absolute atomic E-state index is 11.9. The summed E-state index contributed by atoms with van der Waals surface area (Å²) in [7, 11) is -4.45. The Morgan fingerprint density at radius 2 is 1.67 bits per heavy atom. The van der Waals surface area contributed by atoms with Crippen LogP contribution in [0.3, 0.4) is 0 Å². The molecule has 0 spiro atoms. The summed E-state index contributed by atoms with van der Waals surface area (Å²) in [4.78, 5) is 21.3. The smallest absolute Gasteiger partial charge is 0.394 e. The fourth-order valence-electron chi connectivity index (χ4n) is 1.78. The zero-order valence-corrected chi connectivity index (χ0v) is 14.0. The van der Waals surface area contributed by atoms with Crippen LogP contribution < -0.4 is 0 Å². The van der Waals surface area contributed by atoms with Gasteiger partial charge in [0, 0.05) is 5.57 Å². The van der Waals surface area contributed by atoms with Crippen molar-refractivity contribution in [3.8, 4) is 0 Å². The Morgan fingerprint density at radius 1 is 1.14 bits per heavy atom. The summed E-state index contributed by atoms with van der Waals surface area (Å²) >= 11 is 0. The summed E-state index contributed by atoms with van der Waals surface area (Å²) < 4.78 is 20.5. The number of aliphatic hydroxyl groups excluding tert-OH is 1. The molecule has 0 radical (unpaired) electrons. The van der Waals surface area contributed by atoms with Crippen LogP contribution >= 0.6 is 7.82 Å². The summed E-state index contributed by atoms with van der Waals surface area (Å²) in [5.74, 6) is -0.832. The van der Waals surface area contributed by atoms with Crippen LogP contribution in [-0.4, -0.2) is 29.2 Å². The minimum atomic E-state index is -4.45. The number of phosphoric acid groups is 1. The largest absolute Gasteiger partial charge is 0.529 e. The van der Waals surface area contributed by atoms with Gasteiger partial charge >= 0.3 is 13.8 Å². The zero-order chi connectivity index (χ0) is 16.3. The van der Waals surface area contributed by atoms with E-state index < -0.39 is 20.4 Å². The number of carbonyl (C=O) groups excluding carboxylic acids is 1. The number of unbranched alkanes of at least 4 members (excludes halogenated alkanes) is 2. The first-order valence-corrected chi connectivity index (χ1v) is 8.88. The number of aliphatic hydroxyl groups is 1. The summed E-state index contributed by atoms with van der Waals surface area (Å²) in [6.45, 7) is 4.96. The van der Waals surface area contributed by atoms with E-state index >= 15 is 0 Å². The predicted molar refractivity (Wildman–Crippen MR) is 80.7 cm³/mol. The molecule has 0 aromatic carbocycles. The number of hydrogen-bond acceptors (Lipinski definition) is 5. The van der Waals surface area contributed by atoms with Gasteiger partial charge in [-0.15, -0.1) is 0 Å². The number of allylic oxidation sites excluding steroid dienone is 1. The minimum absolute atomic E-state index is 0.359. The van der Waals surface area contributed by atoms with Gasteiger partial charge in [-0.25, -0.2) is 9.36 Å². The lowest BCUT2D eigenvalue weighted by Gasteiger charge is -2.14. The minimum Gasteiger partial charge on any atom is -0.394 e. The first-order valence-electron chi connectivity index (χ1n) is 7.38. The topological polar surface area (TPSA) is 93.1 Å². The fourth-order valence-corrected chi connectivity index (χ4v) is 2.49. The Labute approximate surface area is 126 Å². The lowest BCUT2D eigenvalue weighted by Crippen LogP contribution is -2.09. The Kier molecular flexibility index (Phi) is 10.6. The monoisotopic (exact) mass is 322 g/mol. The molecule has 0 bridgehead atoms. The van der Waals surface area contributed by atoms with Gasteiger partial charge in [-0.1, -0.05) is 32.3 Å². The molecule has 0 aromatic rings. The third-order valence-corrected chi connectivity index (χ3v) is 3.95. The van der Waals surface area contributed by atoms with Crippen molar-refractivity contribution in [2.45, 2.75) is 59.3 Å². The lowest BCUT2D eigenvalue weighted by atomic mass is 9.98. The van der Waals surface area contributed by atoms with Crippen LogP contribution in [0.25, 0.3) is 0 Å². The molecule has 0 saturated heterocycles. The van der Waals surface area contributed by atoms with Crippen molar-refractivity contribution in [3.63, 3.8) is 0 Å². The van der Waals surface area contributed by atoms with E-state index in [9.17, 15) is 14.3 Å². The first-order chi connectivity index (χ1) is 9.87. The van der Waals surface area contributed by atoms with Crippen LogP contribution in [0.1, 0.15) is 59.3 Å². The van der Waals surface area contributed by atoms with Crippen LogP contribution in [0, 0.1) is 0 Å². The molecule has 0 rings (SSSR count). The molecule has 1 unspecified atom stereocenters. The molecule has 124 valence electrons. The molecule has 0 aromatic heterocycles. The highest BCUT2D eigenvalue weighted by atomic mass is 31.2. The van der Waals surface area contributed by atoms with Crippen LogP contribution in [0.2, 0.25) is 0 Å². The molecule has 0 amide bonds. The normalized spacial score (nSPS) is 13.6. The average molecular weight is 322 g/mol. The number of phosphoric ester groups is 1. The van der Waals surface area contributed by atoms with E-state index in [2.05, 4.69) is 22.9 Å². The van der Waals surface area contributed by atoms with Crippen molar-refractivity contribution in [3.05, 3.63) is 11.1 Å². The summed E-state index contributed by atoms with van der Waals surface area (Å²) in [5.41, 5.74) is 1.34. The second kappa shape index (κ2) is 11.0. The number of rotatable bonds is 11. The molecule has 0 heterocycles. The number of carbonyl (C=O) groups is 1. The Morgan fingerprint density at radius 3 is 2.10 bits per heavy atom. The van der Waals surface area contributed by atoms with Gasteiger partial charge < -0.3 is 9.63 Å². The van der Waals surface area contributed by atoms with E-state index in [1.54, 1.807) is 6.92 Å². The number of hydrogen-bond donors (Lipinski definition) is 2. The molecule has 21 heavy (non-hydrogen) atoms. The van der Waals surface area contributed by atoms with Gasteiger partial charge in [0.2, 0.25) is 0 Å². The molecule has 6 nitrogen and oxygen atoms in total. The van der Waals surface area contributed by atoms with Gasteiger partial charge in [-0.3, -0.25) is 9.42 Å². The van der Waals surface area contributed by atoms with Gasteiger partial charge in [-0.2, -0.15) is 0 Å². The molecular weight excluding hydrogens is 295 g/mol. The van der Waals surface area contributed by atoms with E-state index in [1.807, 2.05) is 0 Å². The molecule has 0 saturated carbocycles. The Balaban J connectivity index is 4.85. The third kappa shape index (κ3) is 9.04. The molecule has 7 heteroatoms. The summed E-state index contributed by atoms with van der Waals surface area (Å²) in [5, 5.41) is 8.55. The van der Waals surface area contributed by atoms with Gasteiger partial charge in [0.15, 0.2) is 0 Å². The second-order valence-corrected chi connectivity index (χ2v) is 6.22. The highest BCUT2D eigenvalue weighted by Crippen LogP contribution is 2.44. The predicted octanol–water partition coefficient (Wildman–Crippen LogP) is 3.34. The van der Waals surface area contributed by atoms with Gasteiger partial charge in [0.05, 0.1) is 13.2 Å². The Hall–Kier alpha value is -0.680. The molecule has 2 N–H and O–H groups in total. The van der Waals surface area contributed by atoms with Crippen molar-refractivity contribution in [2.75, 3.05) is 13.2 Å². The average Bonchev–Trinajstić information content (AvgIpc) is 2.44. The van der Waals surface area contributed by atoms with E-state index in [4.69, 9.17) is 5.11 Å². The zero-order valence-electron chi connectivity index (χ0n) is 13.1. The van der Waals surface area contributed by atoms with E-state index in [0.717, 1.165) is 44.1 Å². The van der Waals surface area contributed by atoms with Crippen molar-refractivity contribution in [1.29, 1.82) is 0 Å². The van der Waals surface area contributed by atoms with Crippen molar-refractivity contribution in [2.24, 2.45) is 0 Å². The van der Waals surface area contributed by atoms with Gasteiger partial charge in [0.25, 0.3) is 0 Å².